The van der Waals surface area contributed by atoms with Crippen molar-refractivity contribution >= 4 is 23.9 Å². The zero-order chi connectivity index (χ0) is 27.3. The molecule has 0 aromatic carbocycles. The van der Waals surface area contributed by atoms with Crippen molar-refractivity contribution in [1.82, 2.24) is 0 Å². The minimum atomic E-state index is -1.43. The van der Waals surface area contributed by atoms with Gasteiger partial charge in [-0.1, -0.05) is 12.5 Å². The van der Waals surface area contributed by atoms with Crippen LogP contribution in [0.2, 0.25) is 0 Å². The highest BCUT2D eigenvalue weighted by Gasteiger charge is 2.88. The highest BCUT2D eigenvalue weighted by molar-refractivity contribution is 5.89. The molecule has 5 aliphatic rings. The summed E-state index contributed by atoms with van der Waals surface area (Å²) in [6.45, 7) is 10.7. The molecule has 11 atom stereocenters. The smallest absolute Gasteiger partial charge is 0.342 e. The Hall–Kier alpha value is -2.50. The first-order valence-electron chi connectivity index (χ1n) is 12.6. The molecular weight excluding hydrogens is 488 g/mol. The summed E-state index contributed by atoms with van der Waals surface area (Å²) in [5, 5.41) is 12.2. The van der Waals surface area contributed by atoms with E-state index >= 15 is 0 Å². The monoisotopic (exact) mass is 522 g/mol. The van der Waals surface area contributed by atoms with Crippen molar-refractivity contribution in [2.75, 3.05) is 0 Å². The average Bonchev–Trinajstić information content (AvgIpc) is 3.59. The van der Waals surface area contributed by atoms with Gasteiger partial charge in [0.25, 0.3) is 0 Å². The topological polar surface area (TPSA) is 150 Å². The molecule has 0 bridgehead atoms. The number of carbonyl (C=O) groups is 4. The third-order valence-corrected chi connectivity index (χ3v) is 9.09. The molecule has 1 N–H and O–H groups in total. The predicted molar refractivity (Wildman–Crippen MR) is 123 cm³/mol. The summed E-state index contributed by atoms with van der Waals surface area (Å²) in [6, 6.07) is 0. The molecule has 204 valence electrons. The lowest BCUT2D eigenvalue weighted by atomic mass is 9.53. The minimum absolute atomic E-state index is 0.130. The van der Waals surface area contributed by atoms with E-state index in [4.69, 9.17) is 28.4 Å². The molecule has 2 aliphatic carbocycles. The molecule has 3 heterocycles. The van der Waals surface area contributed by atoms with E-state index in [1.807, 2.05) is 6.92 Å². The average molecular weight is 523 g/mol. The minimum Gasteiger partial charge on any atom is -0.462 e. The van der Waals surface area contributed by atoms with Gasteiger partial charge in [0.15, 0.2) is 17.3 Å². The number of aliphatic hydroxyl groups excluding tert-OH is 1. The summed E-state index contributed by atoms with van der Waals surface area (Å²) in [7, 11) is 0. The summed E-state index contributed by atoms with van der Waals surface area (Å²) >= 11 is 0. The van der Waals surface area contributed by atoms with Crippen LogP contribution in [0.3, 0.4) is 0 Å². The predicted octanol–water partition coefficient (Wildman–Crippen LogP) is 1.13. The number of epoxide rings is 2. The van der Waals surface area contributed by atoms with Gasteiger partial charge in [-0.15, -0.1) is 0 Å². The van der Waals surface area contributed by atoms with Gasteiger partial charge in [0, 0.05) is 39.5 Å². The molecule has 3 saturated heterocycles. The lowest BCUT2D eigenvalue weighted by molar-refractivity contribution is -0.224. The second-order valence-corrected chi connectivity index (χ2v) is 11.6. The van der Waals surface area contributed by atoms with Crippen molar-refractivity contribution in [1.29, 1.82) is 0 Å². The van der Waals surface area contributed by atoms with E-state index in [1.165, 1.54) is 20.8 Å². The van der Waals surface area contributed by atoms with Crippen LogP contribution in [0.5, 0.6) is 0 Å². The molecular formula is C26H34O11. The number of aliphatic hydroxyl groups is 1. The van der Waals surface area contributed by atoms with Gasteiger partial charge < -0.3 is 33.5 Å². The van der Waals surface area contributed by atoms with Gasteiger partial charge in [-0.3, -0.25) is 14.4 Å². The van der Waals surface area contributed by atoms with E-state index in [-0.39, 0.29) is 18.9 Å². The first-order valence-corrected chi connectivity index (χ1v) is 12.6. The van der Waals surface area contributed by atoms with Gasteiger partial charge in [0.2, 0.25) is 0 Å². The Balaban J connectivity index is 1.75. The maximum atomic E-state index is 12.9. The molecule has 3 aliphatic heterocycles. The highest BCUT2D eigenvalue weighted by atomic mass is 16.7. The number of hydrogen-bond acceptors (Lipinski definition) is 11. The van der Waals surface area contributed by atoms with Gasteiger partial charge >= 0.3 is 23.9 Å². The summed E-state index contributed by atoms with van der Waals surface area (Å²) in [5.41, 5.74) is -4.41. The van der Waals surface area contributed by atoms with Crippen molar-refractivity contribution in [2.24, 2.45) is 11.3 Å². The van der Waals surface area contributed by atoms with Crippen LogP contribution in [0.4, 0.5) is 0 Å². The second-order valence-electron chi connectivity index (χ2n) is 11.6. The van der Waals surface area contributed by atoms with Gasteiger partial charge in [-0.05, 0) is 26.8 Å². The summed E-state index contributed by atoms with van der Waals surface area (Å²) < 4.78 is 35.2. The fraction of sp³-hybridized carbons (Fsp3) is 0.769. The fourth-order valence-electron chi connectivity index (χ4n) is 7.41. The molecule has 11 unspecified atom stereocenters. The van der Waals surface area contributed by atoms with Gasteiger partial charge in [0.1, 0.15) is 18.3 Å². The summed E-state index contributed by atoms with van der Waals surface area (Å²) in [4.78, 5) is 49.8. The Morgan fingerprint density at radius 3 is 2.22 bits per heavy atom. The van der Waals surface area contributed by atoms with E-state index in [9.17, 15) is 24.3 Å². The first kappa shape index (κ1) is 26.1. The first-order chi connectivity index (χ1) is 17.1. The van der Waals surface area contributed by atoms with Gasteiger partial charge in [-0.25, -0.2) is 4.79 Å². The van der Waals surface area contributed by atoms with Crippen molar-refractivity contribution in [3.63, 3.8) is 0 Å². The van der Waals surface area contributed by atoms with E-state index in [0.29, 0.717) is 5.57 Å². The molecule has 37 heavy (non-hydrogen) atoms. The number of rotatable bonds is 3. The fourth-order valence-corrected chi connectivity index (χ4v) is 7.41. The maximum Gasteiger partial charge on any atom is 0.342 e. The molecule has 4 fully saturated rings. The van der Waals surface area contributed by atoms with E-state index in [2.05, 4.69) is 0 Å². The Labute approximate surface area is 214 Å². The van der Waals surface area contributed by atoms with Crippen molar-refractivity contribution in [2.45, 2.75) is 115 Å². The molecule has 0 aromatic heterocycles. The molecule has 11 heteroatoms. The molecule has 0 amide bonds. The highest BCUT2D eigenvalue weighted by Crippen LogP contribution is 2.69. The summed E-state index contributed by atoms with van der Waals surface area (Å²) in [5.74, 6) is -3.27. The van der Waals surface area contributed by atoms with Crippen LogP contribution >= 0.6 is 0 Å². The Morgan fingerprint density at radius 2 is 1.65 bits per heavy atom. The third-order valence-electron chi connectivity index (χ3n) is 9.09. The van der Waals surface area contributed by atoms with Crippen molar-refractivity contribution in [3.8, 4) is 0 Å². The Bertz CT molecular complexity index is 1100. The van der Waals surface area contributed by atoms with Crippen LogP contribution in [0.1, 0.15) is 61.3 Å². The van der Waals surface area contributed by atoms with Crippen LogP contribution in [0.25, 0.3) is 0 Å². The normalized spacial score (nSPS) is 49.6. The Morgan fingerprint density at radius 1 is 1.03 bits per heavy atom. The second kappa shape index (κ2) is 8.00. The largest absolute Gasteiger partial charge is 0.462 e. The molecule has 1 spiro atoms. The van der Waals surface area contributed by atoms with E-state index in [1.54, 1.807) is 26.8 Å². The Kier molecular flexibility index (Phi) is 5.65. The number of fused-ring (bicyclic) bond motifs is 3. The molecule has 0 radical (unpaired) electrons. The number of hydrogen-bond donors (Lipinski definition) is 1. The van der Waals surface area contributed by atoms with Crippen LogP contribution in [-0.4, -0.2) is 82.4 Å². The molecule has 0 aromatic rings. The number of carbonyl (C=O) groups excluding carboxylic acids is 4. The van der Waals surface area contributed by atoms with E-state index < -0.39 is 82.5 Å². The quantitative estimate of drug-likeness (QED) is 0.246. The number of esters is 4. The maximum absolute atomic E-state index is 12.9. The van der Waals surface area contributed by atoms with Crippen molar-refractivity contribution in [3.05, 3.63) is 11.6 Å². The molecule has 11 nitrogen and oxygen atoms in total. The van der Waals surface area contributed by atoms with Crippen LogP contribution < -0.4 is 0 Å². The van der Waals surface area contributed by atoms with Gasteiger partial charge in [0.05, 0.1) is 23.2 Å². The zero-order valence-electron chi connectivity index (χ0n) is 22.1. The van der Waals surface area contributed by atoms with Crippen LogP contribution in [0.15, 0.2) is 11.6 Å². The lowest BCUT2D eigenvalue weighted by Gasteiger charge is -2.54. The van der Waals surface area contributed by atoms with Crippen LogP contribution in [-0.2, 0) is 47.6 Å². The SMILES string of the molecule is CC(=O)OC1CC(C)=CC2OC(=O)C3(C)OC23C(O)C2C3(C)OC3CC(OC(C)=O)C2(C)C1OC(C)=O. The summed E-state index contributed by atoms with van der Waals surface area (Å²) in [6.07, 6.45) is -3.58. The van der Waals surface area contributed by atoms with Crippen LogP contribution in [0, 0.1) is 11.3 Å². The molecule has 1 saturated carbocycles. The van der Waals surface area contributed by atoms with E-state index in [0.717, 1.165) is 0 Å². The van der Waals surface area contributed by atoms with Gasteiger partial charge in [-0.2, -0.15) is 0 Å². The third kappa shape index (κ3) is 3.50. The molecule has 5 rings (SSSR count). The number of ether oxygens (including phenoxy) is 6. The lowest BCUT2D eigenvalue weighted by Crippen LogP contribution is -2.67. The van der Waals surface area contributed by atoms with Crippen molar-refractivity contribution < 1.29 is 52.7 Å². The zero-order valence-corrected chi connectivity index (χ0v) is 22.1. The standard InChI is InChI=1S/C26H34O11/c1-11-8-15(32-12(2)27)21(34-14(4)29)23(5)16(33-13(3)28)10-17-24(6,36-17)19(23)20(30)26-18(9-11)35-22(31)25(26,7)37-26/h9,15-21,30H,8,10H2,1-7H3.